The van der Waals surface area contributed by atoms with Crippen molar-refractivity contribution >= 4 is 11.5 Å². The van der Waals surface area contributed by atoms with Gasteiger partial charge >= 0.3 is 0 Å². The molecule has 22 heavy (non-hydrogen) atoms. The Hall–Kier alpha value is -2.13. The minimum absolute atomic E-state index is 0.156. The number of carbonyl (C=O) groups excluding carboxylic acids is 1. The largest absolute Gasteiger partial charge is 0.384 e. The van der Waals surface area contributed by atoms with Crippen molar-refractivity contribution in [1.29, 1.82) is 0 Å². The number of carbonyl (C=O) groups is 1. The van der Waals surface area contributed by atoms with E-state index in [1.54, 1.807) is 0 Å². The highest BCUT2D eigenvalue weighted by molar-refractivity contribution is 6.00. The zero-order valence-electron chi connectivity index (χ0n) is 12.9. The van der Waals surface area contributed by atoms with Crippen LogP contribution in [0.3, 0.4) is 0 Å². The molecule has 0 saturated heterocycles. The van der Waals surface area contributed by atoms with Gasteiger partial charge in [-0.2, -0.15) is 0 Å². The second-order valence-corrected chi connectivity index (χ2v) is 5.82. The van der Waals surface area contributed by atoms with Crippen LogP contribution >= 0.6 is 0 Å². The molecule has 114 valence electrons. The van der Waals surface area contributed by atoms with Gasteiger partial charge in [0.05, 0.1) is 6.04 Å². The van der Waals surface area contributed by atoms with Crippen LogP contribution in [-0.4, -0.2) is 24.9 Å². The standard InChI is InChI=1S/C19H22N2O/c1-14(20-11-9-15-5-3-2-4-6-15)19(22)17-7-8-18-16(13-17)10-12-21-18/h2-8,13-14,20-21H,9-12H2,1H3. The van der Waals surface area contributed by atoms with Crippen LogP contribution in [0.25, 0.3) is 0 Å². The van der Waals surface area contributed by atoms with Crippen LogP contribution in [0.2, 0.25) is 0 Å². The summed E-state index contributed by atoms with van der Waals surface area (Å²) in [5.41, 5.74) is 4.52. The zero-order valence-corrected chi connectivity index (χ0v) is 12.9. The van der Waals surface area contributed by atoms with E-state index in [0.29, 0.717) is 0 Å². The van der Waals surface area contributed by atoms with Crippen molar-refractivity contribution < 1.29 is 4.79 Å². The third kappa shape index (κ3) is 3.37. The van der Waals surface area contributed by atoms with Crippen LogP contribution < -0.4 is 10.6 Å². The van der Waals surface area contributed by atoms with E-state index in [4.69, 9.17) is 0 Å². The van der Waals surface area contributed by atoms with E-state index in [2.05, 4.69) is 22.8 Å². The van der Waals surface area contributed by atoms with E-state index in [1.165, 1.54) is 16.8 Å². The van der Waals surface area contributed by atoms with Crippen molar-refractivity contribution in [2.75, 3.05) is 18.4 Å². The van der Waals surface area contributed by atoms with E-state index in [9.17, 15) is 4.79 Å². The summed E-state index contributed by atoms with van der Waals surface area (Å²) in [6.07, 6.45) is 1.94. The highest BCUT2D eigenvalue weighted by atomic mass is 16.1. The van der Waals surface area contributed by atoms with Gasteiger partial charge < -0.3 is 10.6 Å². The quantitative estimate of drug-likeness (QED) is 0.805. The molecule has 0 aliphatic carbocycles. The molecule has 1 aliphatic rings. The predicted octanol–water partition coefficient (Wildman–Crippen LogP) is 3.06. The van der Waals surface area contributed by atoms with Crippen molar-refractivity contribution in [3.05, 3.63) is 65.2 Å². The van der Waals surface area contributed by atoms with Crippen molar-refractivity contribution in [2.45, 2.75) is 25.8 Å². The summed E-state index contributed by atoms with van der Waals surface area (Å²) < 4.78 is 0. The molecule has 2 aromatic rings. The van der Waals surface area contributed by atoms with Gasteiger partial charge in [-0.15, -0.1) is 0 Å². The van der Waals surface area contributed by atoms with Gasteiger partial charge in [-0.3, -0.25) is 4.79 Å². The lowest BCUT2D eigenvalue weighted by Gasteiger charge is -2.13. The molecule has 2 N–H and O–H groups in total. The lowest BCUT2D eigenvalue weighted by molar-refractivity contribution is 0.0951. The molecular weight excluding hydrogens is 272 g/mol. The molecule has 0 aromatic heterocycles. The third-order valence-electron chi connectivity index (χ3n) is 4.20. The molecule has 0 bridgehead atoms. The Balaban J connectivity index is 1.55. The fourth-order valence-electron chi connectivity index (χ4n) is 2.88. The number of rotatable bonds is 6. The van der Waals surface area contributed by atoms with Gasteiger partial charge in [0.1, 0.15) is 0 Å². The summed E-state index contributed by atoms with van der Waals surface area (Å²) in [7, 11) is 0. The Morgan fingerprint density at radius 1 is 1.23 bits per heavy atom. The molecule has 3 rings (SSSR count). The first-order valence-electron chi connectivity index (χ1n) is 7.92. The summed E-state index contributed by atoms with van der Waals surface area (Å²) in [6, 6.07) is 16.2. The van der Waals surface area contributed by atoms with Crippen molar-refractivity contribution in [3.8, 4) is 0 Å². The van der Waals surface area contributed by atoms with Crippen molar-refractivity contribution in [1.82, 2.24) is 5.32 Å². The average molecular weight is 294 g/mol. The van der Waals surface area contributed by atoms with E-state index in [1.807, 2.05) is 43.3 Å². The molecule has 0 amide bonds. The number of hydrogen-bond acceptors (Lipinski definition) is 3. The summed E-state index contributed by atoms with van der Waals surface area (Å²) in [5.74, 6) is 0.169. The fraction of sp³-hybridized carbons (Fsp3) is 0.316. The fourth-order valence-corrected chi connectivity index (χ4v) is 2.88. The first kappa shape index (κ1) is 14.8. The summed E-state index contributed by atoms with van der Waals surface area (Å²) in [4.78, 5) is 12.5. The number of anilines is 1. The number of nitrogens with one attached hydrogen (secondary N) is 2. The Labute approximate surface area is 131 Å². The maximum absolute atomic E-state index is 12.5. The molecule has 1 heterocycles. The van der Waals surface area contributed by atoms with Crippen LogP contribution in [0.5, 0.6) is 0 Å². The van der Waals surface area contributed by atoms with E-state index < -0.39 is 0 Å². The van der Waals surface area contributed by atoms with Crippen molar-refractivity contribution in [3.63, 3.8) is 0 Å². The molecule has 0 fully saturated rings. The monoisotopic (exact) mass is 294 g/mol. The molecule has 3 heteroatoms. The number of benzene rings is 2. The van der Waals surface area contributed by atoms with Gasteiger partial charge in [0, 0.05) is 17.8 Å². The molecular formula is C19H22N2O. The lowest BCUT2D eigenvalue weighted by atomic mass is 10.0. The zero-order chi connectivity index (χ0) is 15.4. The van der Waals surface area contributed by atoms with Gasteiger partial charge in [0.2, 0.25) is 0 Å². The Bertz CT molecular complexity index is 652. The van der Waals surface area contributed by atoms with E-state index in [-0.39, 0.29) is 11.8 Å². The second kappa shape index (κ2) is 6.75. The van der Waals surface area contributed by atoms with Gasteiger partial charge in [-0.1, -0.05) is 30.3 Å². The first-order chi connectivity index (χ1) is 10.7. The summed E-state index contributed by atoms with van der Waals surface area (Å²) in [6.45, 7) is 3.72. The normalized spacial score (nSPS) is 14.2. The van der Waals surface area contributed by atoms with Crippen molar-refractivity contribution in [2.24, 2.45) is 0 Å². The van der Waals surface area contributed by atoms with Gasteiger partial charge in [0.25, 0.3) is 0 Å². The van der Waals surface area contributed by atoms with Crippen LogP contribution in [-0.2, 0) is 12.8 Å². The predicted molar refractivity (Wildman–Crippen MR) is 90.6 cm³/mol. The van der Waals surface area contributed by atoms with Crippen LogP contribution in [0.4, 0.5) is 5.69 Å². The summed E-state index contributed by atoms with van der Waals surface area (Å²) in [5, 5.41) is 6.65. The Kier molecular flexibility index (Phi) is 4.54. The van der Waals surface area contributed by atoms with Gasteiger partial charge in [-0.25, -0.2) is 0 Å². The van der Waals surface area contributed by atoms with Crippen LogP contribution in [0, 0.1) is 0 Å². The van der Waals surface area contributed by atoms with Gasteiger partial charge in [-0.05, 0) is 55.6 Å². The third-order valence-corrected chi connectivity index (χ3v) is 4.20. The number of ketones is 1. The number of hydrogen-bond donors (Lipinski definition) is 2. The lowest BCUT2D eigenvalue weighted by Crippen LogP contribution is -2.35. The Morgan fingerprint density at radius 2 is 2.05 bits per heavy atom. The first-order valence-corrected chi connectivity index (χ1v) is 7.92. The highest BCUT2D eigenvalue weighted by Crippen LogP contribution is 2.23. The minimum Gasteiger partial charge on any atom is -0.384 e. The molecule has 0 saturated carbocycles. The summed E-state index contributed by atoms with van der Waals surface area (Å²) >= 11 is 0. The SMILES string of the molecule is CC(NCCc1ccccc1)C(=O)c1ccc2c(c1)CCN2. The van der Waals surface area contributed by atoms with E-state index in [0.717, 1.165) is 31.5 Å². The van der Waals surface area contributed by atoms with Crippen LogP contribution in [0.15, 0.2) is 48.5 Å². The molecule has 2 aromatic carbocycles. The molecule has 1 aliphatic heterocycles. The molecule has 1 atom stereocenters. The highest BCUT2D eigenvalue weighted by Gasteiger charge is 2.17. The van der Waals surface area contributed by atoms with Gasteiger partial charge in [0.15, 0.2) is 5.78 Å². The number of Topliss-reactive ketones (excluding diaryl/α,β-unsaturated/α-hetero) is 1. The smallest absolute Gasteiger partial charge is 0.179 e. The van der Waals surface area contributed by atoms with E-state index >= 15 is 0 Å². The maximum atomic E-state index is 12.5. The minimum atomic E-state index is -0.156. The molecule has 1 unspecified atom stereocenters. The average Bonchev–Trinajstić information content (AvgIpc) is 3.02. The molecule has 3 nitrogen and oxygen atoms in total. The second-order valence-electron chi connectivity index (χ2n) is 5.82. The number of fused-ring (bicyclic) bond motifs is 1. The van der Waals surface area contributed by atoms with Crippen LogP contribution in [0.1, 0.15) is 28.4 Å². The molecule has 0 spiro atoms. The molecule has 0 radical (unpaired) electrons. The Morgan fingerprint density at radius 3 is 2.86 bits per heavy atom. The maximum Gasteiger partial charge on any atom is 0.179 e. The topological polar surface area (TPSA) is 41.1 Å².